The van der Waals surface area contributed by atoms with Crippen LogP contribution in [0.5, 0.6) is 0 Å². The van der Waals surface area contributed by atoms with Crippen LogP contribution in [0.25, 0.3) is 11.3 Å². The van der Waals surface area contributed by atoms with Crippen LogP contribution in [0.1, 0.15) is 41.4 Å². The van der Waals surface area contributed by atoms with Crippen LogP contribution < -0.4 is 5.73 Å². The van der Waals surface area contributed by atoms with E-state index in [0.717, 1.165) is 41.9 Å². The van der Waals surface area contributed by atoms with Crippen LogP contribution in [0.4, 0.5) is 0 Å². The van der Waals surface area contributed by atoms with Crippen molar-refractivity contribution in [1.29, 1.82) is 0 Å². The van der Waals surface area contributed by atoms with Crippen molar-refractivity contribution >= 4 is 5.91 Å². The molecule has 0 spiro atoms. The van der Waals surface area contributed by atoms with Gasteiger partial charge in [0.25, 0.3) is 5.91 Å². The van der Waals surface area contributed by atoms with Gasteiger partial charge >= 0.3 is 0 Å². The summed E-state index contributed by atoms with van der Waals surface area (Å²) >= 11 is 0. The molecule has 0 radical (unpaired) electrons. The van der Waals surface area contributed by atoms with Gasteiger partial charge in [0.05, 0.1) is 11.3 Å². The lowest BCUT2D eigenvalue weighted by atomic mass is 10.1. The SMILES string of the molecule is CCCCn1c(C)c(C(N)=O)c(C)c1-c1ccccc1. The van der Waals surface area contributed by atoms with Gasteiger partial charge in [-0.15, -0.1) is 0 Å². The number of unbranched alkanes of at least 4 members (excludes halogenated alkanes) is 1. The average Bonchev–Trinajstić information content (AvgIpc) is 2.68. The van der Waals surface area contributed by atoms with E-state index in [1.165, 1.54) is 0 Å². The zero-order valence-corrected chi connectivity index (χ0v) is 12.4. The molecule has 1 heterocycles. The Morgan fingerprint density at radius 1 is 1.20 bits per heavy atom. The number of nitrogens with zero attached hydrogens (tertiary/aromatic N) is 1. The molecule has 1 aromatic heterocycles. The molecular formula is C17H22N2O. The lowest BCUT2D eigenvalue weighted by molar-refractivity contribution is 0.0999. The molecule has 0 aliphatic heterocycles. The predicted octanol–water partition coefficient (Wildman–Crippen LogP) is 3.67. The summed E-state index contributed by atoms with van der Waals surface area (Å²) in [5.41, 5.74) is 10.4. The summed E-state index contributed by atoms with van der Waals surface area (Å²) in [4.78, 5) is 11.7. The molecule has 1 aromatic carbocycles. The molecule has 20 heavy (non-hydrogen) atoms. The van der Waals surface area contributed by atoms with Crippen molar-refractivity contribution in [1.82, 2.24) is 4.57 Å². The molecule has 0 unspecified atom stereocenters. The van der Waals surface area contributed by atoms with Crippen molar-refractivity contribution in [3.63, 3.8) is 0 Å². The van der Waals surface area contributed by atoms with Crippen molar-refractivity contribution in [2.45, 2.75) is 40.2 Å². The summed E-state index contributed by atoms with van der Waals surface area (Å²) in [6.45, 7) is 7.05. The molecule has 3 heteroatoms. The molecule has 0 fully saturated rings. The second-order valence-electron chi connectivity index (χ2n) is 5.17. The highest BCUT2D eigenvalue weighted by Crippen LogP contribution is 2.31. The molecule has 0 bridgehead atoms. The van der Waals surface area contributed by atoms with Gasteiger partial charge < -0.3 is 10.3 Å². The first-order valence-electron chi connectivity index (χ1n) is 7.12. The van der Waals surface area contributed by atoms with E-state index >= 15 is 0 Å². The van der Waals surface area contributed by atoms with E-state index in [1.54, 1.807) is 0 Å². The van der Waals surface area contributed by atoms with Gasteiger partial charge in [0.15, 0.2) is 0 Å². The number of amides is 1. The summed E-state index contributed by atoms with van der Waals surface area (Å²) < 4.78 is 2.23. The van der Waals surface area contributed by atoms with E-state index in [2.05, 4.69) is 23.6 Å². The maximum absolute atomic E-state index is 11.7. The quantitative estimate of drug-likeness (QED) is 0.885. The molecule has 2 N–H and O–H groups in total. The van der Waals surface area contributed by atoms with Crippen molar-refractivity contribution in [2.75, 3.05) is 0 Å². The molecule has 0 saturated heterocycles. The Morgan fingerprint density at radius 3 is 2.40 bits per heavy atom. The van der Waals surface area contributed by atoms with E-state index in [1.807, 2.05) is 32.0 Å². The molecule has 2 aromatic rings. The maximum atomic E-state index is 11.7. The Labute approximate surface area is 120 Å². The monoisotopic (exact) mass is 270 g/mol. The summed E-state index contributed by atoms with van der Waals surface area (Å²) in [5, 5.41) is 0. The van der Waals surface area contributed by atoms with E-state index in [-0.39, 0.29) is 5.91 Å². The van der Waals surface area contributed by atoms with Gasteiger partial charge in [-0.25, -0.2) is 0 Å². The molecule has 1 amide bonds. The van der Waals surface area contributed by atoms with Crippen molar-refractivity contribution < 1.29 is 4.79 Å². The number of carbonyl (C=O) groups is 1. The van der Waals surface area contributed by atoms with Crippen molar-refractivity contribution in [2.24, 2.45) is 5.73 Å². The van der Waals surface area contributed by atoms with E-state index in [0.29, 0.717) is 5.56 Å². The largest absolute Gasteiger partial charge is 0.366 e. The second kappa shape index (κ2) is 5.95. The van der Waals surface area contributed by atoms with Crippen LogP contribution in [-0.2, 0) is 6.54 Å². The van der Waals surface area contributed by atoms with Crippen LogP contribution in [0.2, 0.25) is 0 Å². The molecular weight excluding hydrogens is 248 g/mol. The minimum Gasteiger partial charge on any atom is -0.366 e. The third kappa shape index (κ3) is 2.48. The molecule has 0 atom stereocenters. The average molecular weight is 270 g/mol. The zero-order chi connectivity index (χ0) is 14.7. The van der Waals surface area contributed by atoms with Gasteiger partial charge in [-0.1, -0.05) is 43.7 Å². The fourth-order valence-corrected chi connectivity index (χ4v) is 2.82. The van der Waals surface area contributed by atoms with Crippen LogP contribution in [0.3, 0.4) is 0 Å². The molecule has 0 saturated carbocycles. The lowest BCUT2D eigenvalue weighted by Gasteiger charge is -2.12. The molecule has 106 valence electrons. The van der Waals surface area contributed by atoms with Crippen LogP contribution >= 0.6 is 0 Å². The third-order valence-electron chi connectivity index (χ3n) is 3.80. The maximum Gasteiger partial charge on any atom is 0.250 e. The Balaban J connectivity index is 2.64. The molecule has 2 rings (SSSR count). The Kier molecular flexibility index (Phi) is 4.28. The number of benzene rings is 1. The van der Waals surface area contributed by atoms with Gasteiger partial charge in [0.1, 0.15) is 0 Å². The van der Waals surface area contributed by atoms with Crippen molar-refractivity contribution in [3.8, 4) is 11.3 Å². The summed E-state index contributed by atoms with van der Waals surface area (Å²) in [6, 6.07) is 10.2. The van der Waals surface area contributed by atoms with Gasteiger partial charge in [0, 0.05) is 12.2 Å². The predicted molar refractivity (Wildman–Crippen MR) is 82.8 cm³/mol. The number of primary amides is 1. The summed E-state index contributed by atoms with van der Waals surface area (Å²) in [6.07, 6.45) is 2.21. The number of hydrogen-bond donors (Lipinski definition) is 1. The molecule has 0 aliphatic rings. The van der Waals surface area contributed by atoms with Crippen LogP contribution in [0, 0.1) is 13.8 Å². The first-order chi connectivity index (χ1) is 9.57. The number of carbonyl (C=O) groups excluding carboxylic acids is 1. The van der Waals surface area contributed by atoms with E-state index in [4.69, 9.17) is 5.73 Å². The number of hydrogen-bond acceptors (Lipinski definition) is 1. The summed E-state index contributed by atoms with van der Waals surface area (Å²) in [5.74, 6) is -0.340. The normalized spacial score (nSPS) is 10.8. The Hall–Kier alpha value is -2.03. The molecule has 3 nitrogen and oxygen atoms in total. The van der Waals surface area contributed by atoms with Gasteiger partial charge in [-0.3, -0.25) is 4.79 Å². The lowest BCUT2D eigenvalue weighted by Crippen LogP contribution is -2.13. The Morgan fingerprint density at radius 2 is 1.85 bits per heavy atom. The minimum atomic E-state index is -0.340. The topological polar surface area (TPSA) is 48.0 Å². The summed E-state index contributed by atoms with van der Waals surface area (Å²) in [7, 11) is 0. The number of nitrogens with two attached hydrogens (primary N) is 1. The first kappa shape index (κ1) is 14.4. The highest BCUT2D eigenvalue weighted by atomic mass is 16.1. The minimum absolute atomic E-state index is 0.340. The second-order valence-corrected chi connectivity index (χ2v) is 5.17. The number of rotatable bonds is 5. The fraction of sp³-hybridized carbons (Fsp3) is 0.353. The Bertz CT molecular complexity index is 612. The van der Waals surface area contributed by atoms with Gasteiger partial charge in [0.2, 0.25) is 0 Å². The smallest absolute Gasteiger partial charge is 0.250 e. The van der Waals surface area contributed by atoms with E-state index < -0.39 is 0 Å². The molecule has 0 aliphatic carbocycles. The van der Waals surface area contributed by atoms with E-state index in [9.17, 15) is 4.79 Å². The van der Waals surface area contributed by atoms with Crippen LogP contribution in [0.15, 0.2) is 30.3 Å². The van der Waals surface area contributed by atoms with Gasteiger partial charge in [-0.2, -0.15) is 0 Å². The standard InChI is InChI=1S/C17H22N2O/c1-4-5-11-19-13(3)15(17(18)20)12(2)16(19)14-9-7-6-8-10-14/h6-10H,4-5,11H2,1-3H3,(H2,18,20). The zero-order valence-electron chi connectivity index (χ0n) is 12.4. The van der Waals surface area contributed by atoms with Gasteiger partial charge in [-0.05, 0) is 31.4 Å². The fourth-order valence-electron chi connectivity index (χ4n) is 2.82. The number of aromatic nitrogens is 1. The highest BCUT2D eigenvalue weighted by molar-refractivity contribution is 5.97. The first-order valence-corrected chi connectivity index (χ1v) is 7.12. The van der Waals surface area contributed by atoms with Crippen LogP contribution in [-0.4, -0.2) is 10.5 Å². The third-order valence-corrected chi connectivity index (χ3v) is 3.80. The highest BCUT2D eigenvalue weighted by Gasteiger charge is 2.21. The van der Waals surface area contributed by atoms with Crippen molar-refractivity contribution in [3.05, 3.63) is 47.2 Å².